The summed E-state index contributed by atoms with van der Waals surface area (Å²) < 4.78 is 59.9. The lowest BCUT2D eigenvalue weighted by Gasteiger charge is -2.36. The number of rotatable bonds is 5. The first-order valence-corrected chi connectivity index (χ1v) is 17.8. The number of alkyl halides is 1. The van der Waals surface area contributed by atoms with Crippen LogP contribution < -0.4 is 19.7 Å². The number of anilines is 1. The summed E-state index contributed by atoms with van der Waals surface area (Å²) in [7, 11) is 0. The molecule has 0 amide bonds. The van der Waals surface area contributed by atoms with E-state index in [1.807, 2.05) is 18.2 Å². The van der Waals surface area contributed by atoms with Gasteiger partial charge in [0.05, 0.1) is 23.1 Å². The van der Waals surface area contributed by atoms with Crippen LogP contribution in [0.4, 0.5) is 19.0 Å². The summed E-state index contributed by atoms with van der Waals surface area (Å²) in [5.41, 5.74) is 0.329. The number of hydrogen-bond donors (Lipinski definition) is 2. The Labute approximate surface area is 297 Å². The summed E-state index contributed by atoms with van der Waals surface area (Å²) in [5, 5.41) is 15.3. The normalized spacial score (nSPS) is 27.7. The largest absolute Gasteiger partial charge is 0.508 e. The van der Waals surface area contributed by atoms with E-state index in [4.69, 9.17) is 20.9 Å². The molecule has 52 heavy (non-hydrogen) atoms. The predicted molar refractivity (Wildman–Crippen MR) is 189 cm³/mol. The molecule has 4 saturated heterocycles. The highest BCUT2D eigenvalue weighted by atomic mass is 19.1. The van der Waals surface area contributed by atoms with Crippen molar-refractivity contribution in [2.45, 2.75) is 55.5 Å². The number of aromatic hydroxyl groups is 1. The zero-order valence-corrected chi connectivity index (χ0v) is 28.2. The number of nitrogens with zero attached hydrogens (tertiary/aromatic N) is 5. The van der Waals surface area contributed by atoms with Crippen LogP contribution in [0.3, 0.4) is 0 Å². The van der Waals surface area contributed by atoms with Gasteiger partial charge in [-0.05, 0) is 48.9 Å². The van der Waals surface area contributed by atoms with Gasteiger partial charge < -0.3 is 24.8 Å². The number of phenolic OH excluding ortho intramolecular Hbond substituents is 1. The van der Waals surface area contributed by atoms with Crippen LogP contribution in [0.2, 0.25) is 0 Å². The number of para-hydroxylation sites is 1. The first-order chi connectivity index (χ1) is 25.3. The maximum atomic E-state index is 17.1. The average Bonchev–Trinajstić information content (AvgIpc) is 3.76. The van der Waals surface area contributed by atoms with E-state index in [-0.39, 0.29) is 76.7 Å². The molecule has 5 aliphatic rings. The van der Waals surface area contributed by atoms with E-state index in [0.717, 1.165) is 24.2 Å². The maximum absolute atomic E-state index is 17.1. The van der Waals surface area contributed by atoms with E-state index >= 15 is 8.78 Å². The number of piperazine rings is 1. The summed E-state index contributed by atoms with van der Waals surface area (Å²) in [6, 6.07) is 13.9. The number of aromatic nitrogens is 3. The minimum atomic E-state index is -1.02. The van der Waals surface area contributed by atoms with Crippen molar-refractivity contribution in [1.29, 1.82) is 0 Å². The summed E-state index contributed by atoms with van der Waals surface area (Å²) in [5.74, 6) is 2.29. The lowest BCUT2D eigenvalue weighted by Crippen LogP contribution is -2.51. The monoisotopic (exact) mass is 704 g/mol. The molecule has 2 bridgehead atoms. The Morgan fingerprint density at radius 1 is 1.06 bits per heavy atom. The Hall–Kier alpha value is -5.12. The van der Waals surface area contributed by atoms with Crippen molar-refractivity contribution < 1.29 is 27.8 Å². The van der Waals surface area contributed by atoms with Gasteiger partial charge in [0, 0.05) is 72.8 Å². The zero-order valence-electron chi connectivity index (χ0n) is 28.2. The van der Waals surface area contributed by atoms with Gasteiger partial charge >= 0.3 is 6.01 Å². The second-order valence-corrected chi connectivity index (χ2v) is 14.9. The van der Waals surface area contributed by atoms with Crippen LogP contribution in [0.1, 0.15) is 42.9 Å². The van der Waals surface area contributed by atoms with E-state index in [1.165, 1.54) is 30.5 Å². The molecular weight excluding hydrogens is 669 g/mol. The molecule has 3 aromatic carbocycles. The number of benzene rings is 3. The SMILES string of the molecule is C#Cc1c(F)ccc2cc(O)cc(-c3ncc4c(N5CC6CCC(C5)N6)nc(OC[C@]56CC(F)CN5C5c7ccccc7OCC5C6)nc4c3F)c12. The van der Waals surface area contributed by atoms with Crippen molar-refractivity contribution in [3.8, 4) is 41.1 Å². The fraction of sp³-hybridized carbons (Fsp3) is 0.375. The summed E-state index contributed by atoms with van der Waals surface area (Å²) >= 11 is 0. The molecule has 264 valence electrons. The second-order valence-electron chi connectivity index (χ2n) is 14.9. The summed E-state index contributed by atoms with van der Waals surface area (Å²) in [6.45, 7) is 2.26. The molecule has 6 atom stereocenters. The van der Waals surface area contributed by atoms with E-state index < -0.39 is 23.3 Å². The van der Waals surface area contributed by atoms with Crippen molar-refractivity contribution in [2.75, 3.05) is 37.7 Å². The Bertz CT molecular complexity index is 2320. The van der Waals surface area contributed by atoms with Gasteiger partial charge in [-0.1, -0.05) is 30.2 Å². The maximum Gasteiger partial charge on any atom is 0.319 e. The molecule has 2 aromatic heterocycles. The Morgan fingerprint density at radius 3 is 2.71 bits per heavy atom. The van der Waals surface area contributed by atoms with Crippen LogP contribution >= 0.6 is 0 Å². The van der Waals surface area contributed by atoms with Crippen LogP contribution in [0.5, 0.6) is 17.5 Å². The fourth-order valence-corrected chi connectivity index (χ4v) is 9.73. The van der Waals surface area contributed by atoms with E-state index in [2.05, 4.69) is 37.1 Å². The number of hydrogen-bond acceptors (Lipinski definition) is 9. The molecule has 5 aromatic rings. The minimum Gasteiger partial charge on any atom is -0.508 e. The van der Waals surface area contributed by atoms with Crippen LogP contribution in [0.25, 0.3) is 32.9 Å². The third-order valence-electron chi connectivity index (χ3n) is 11.8. The molecular formula is C40H35F3N6O3. The molecule has 0 aliphatic carbocycles. The first kappa shape index (κ1) is 31.6. The predicted octanol–water partition coefficient (Wildman–Crippen LogP) is 6.07. The number of halogens is 3. The Morgan fingerprint density at radius 2 is 1.88 bits per heavy atom. The average molecular weight is 705 g/mol. The molecule has 7 heterocycles. The number of ether oxygens (including phenoxy) is 2. The molecule has 5 aliphatic heterocycles. The summed E-state index contributed by atoms with van der Waals surface area (Å²) in [4.78, 5) is 18.4. The van der Waals surface area contributed by atoms with E-state index in [9.17, 15) is 9.50 Å². The minimum absolute atomic E-state index is 0.000338. The number of fused-ring (bicyclic) bond motifs is 9. The van der Waals surface area contributed by atoms with Gasteiger partial charge in [0.1, 0.15) is 47.1 Å². The van der Waals surface area contributed by atoms with Crippen LogP contribution in [-0.4, -0.2) is 81.6 Å². The van der Waals surface area contributed by atoms with Crippen molar-refractivity contribution in [2.24, 2.45) is 5.92 Å². The third kappa shape index (κ3) is 4.82. The number of phenols is 1. The molecule has 4 fully saturated rings. The molecule has 0 spiro atoms. The van der Waals surface area contributed by atoms with Crippen LogP contribution in [0, 0.1) is 29.9 Å². The standard InChI is InChI=1S/C40H35F3N6O3/c1-2-27-31(42)10-7-21-11-26(50)12-29(33(21)27)35-34(43)36-30(15-44-35)38(48-17-24-8-9-25(18-48)45-24)47-39(46-36)52-20-40-13-22-19-51-32-6-4-3-5-28(32)37(22)49(40)16-23(41)14-40/h1,3-7,10-12,15,22-25,37,45,50H,8-9,13-14,16-20H2/t22?,23?,24?,25?,37?,40-/m0/s1. The highest BCUT2D eigenvalue weighted by Gasteiger charge is 2.59. The smallest absolute Gasteiger partial charge is 0.319 e. The van der Waals surface area contributed by atoms with Crippen molar-refractivity contribution in [3.63, 3.8) is 0 Å². The van der Waals surface area contributed by atoms with Gasteiger partial charge in [-0.25, -0.2) is 13.2 Å². The van der Waals surface area contributed by atoms with Gasteiger partial charge in [-0.2, -0.15) is 9.97 Å². The summed E-state index contributed by atoms with van der Waals surface area (Å²) in [6.07, 6.45) is 9.25. The molecule has 5 unspecified atom stereocenters. The molecule has 0 saturated carbocycles. The fourth-order valence-electron chi connectivity index (χ4n) is 9.73. The van der Waals surface area contributed by atoms with Gasteiger partial charge in [0.25, 0.3) is 0 Å². The van der Waals surface area contributed by atoms with Gasteiger partial charge in [0.15, 0.2) is 5.82 Å². The number of pyridine rings is 1. The van der Waals surface area contributed by atoms with Crippen LogP contribution in [-0.2, 0) is 0 Å². The molecule has 2 N–H and O–H groups in total. The van der Waals surface area contributed by atoms with E-state index in [1.54, 1.807) is 0 Å². The Kier molecular flexibility index (Phi) is 7.11. The zero-order chi connectivity index (χ0) is 35.3. The van der Waals surface area contributed by atoms with Gasteiger partial charge in [0.2, 0.25) is 0 Å². The van der Waals surface area contributed by atoms with Crippen molar-refractivity contribution in [1.82, 2.24) is 25.2 Å². The molecule has 0 radical (unpaired) electrons. The topological polar surface area (TPSA) is 95.9 Å². The third-order valence-corrected chi connectivity index (χ3v) is 11.8. The first-order valence-electron chi connectivity index (χ1n) is 17.8. The van der Waals surface area contributed by atoms with Gasteiger partial charge in [-0.15, -0.1) is 6.42 Å². The lowest BCUT2D eigenvalue weighted by atomic mass is 9.86. The molecule has 9 nitrogen and oxygen atoms in total. The highest BCUT2D eigenvalue weighted by molar-refractivity contribution is 6.03. The molecule has 12 heteroatoms. The van der Waals surface area contributed by atoms with Crippen molar-refractivity contribution in [3.05, 3.63) is 77.5 Å². The highest BCUT2D eigenvalue weighted by Crippen LogP contribution is 2.56. The van der Waals surface area contributed by atoms with Crippen LogP contribution in [0.15, 0.2) is 54.7 Å². The second kappa shape index (κ2) is 11.7. The van der Waals surface area contributed by atoms with E-state index in [0.29, 0.717) is 49.1 Å². The number of nitrogens with one attached hydrogen (secondary N) is 1. The van der Waals surface area contributed by atoms with Gasteiger partial charge in [-0.3, -0.25) is 9.88 Å². The quantitative estimate of drug-likeness (QED) is 0.212. The van der Waals surface area contributed by atoms with Crippen molar-refractivity contribution >= 4 is 27.5 Å². The molecule has 10 rings (SSSR count). The number of terminal acetylenes is 1. The lowest BCUT2D eigenvalue weighted by molar-refractivity contribution is 0.0777. The Balaban J connectivity index is 1.08.